The number of hydrogen-bond acceptors (Lipinski definition) is 4. The molecule has 0 amide bonds. The van der Waals surface area contributed by atoms with Crippen LogP contribution in [0.15, 0.2) is 0 Å². The van der Waals surface area contributed by atoms with E-state index in [-0.39, 0.29) is 12.5 Å². The molecule has 0 bridgehead atoms. The zero-order valence-corrected chi connectivity index (χ0v) is 11.6. The van der Waals surface area contributed by atoms with E-state index in [9.17, 15) is 0 Å². The van der Waals surface area contributed by atoms with Gasteiger partial charge in [0.2, 0.25) is 0 Å². The first-order chi connectivity index (χ1) is 6.34. The highest BCUT2D eigenvalue weighted by atomic mass is 28.3. The monoisotopic (exact) mass is 220 g/mol. The fourth-order valence-corrected chi connectivity index (χ4v) is 2.49. The van der Waals surface area contributed by atoms with Gasteiger partial charge in [-0.3, -0.25) is 9.80 Å². The van der Waals surface area contributed by atoms with Crippen molar-refractivity contribution in [3.63, 3.8) is 0 Å². The maximum absolute atomic E-state index is 5.75. The number of hydrogen-bond donors (Lipinski definition) is 0. The van der Waals surface area contributed by atoms with Gasteiger partial charge in [0, 0.05) is 0 Å². The van der Waals surface area contributed by atoms with Gasteiger partial charge >= 0.3 is 9.28 Å². The Balaban J connectivity index is 3.80. The van der Waals surface area contributed by atoms with Crippen molar-refractivity contribution in [2.24, 2.45) is 0 Å². The van der Waals surface area contributed by atoms with Crippen LogP contribution in [0.1, 0.15) is 13.8 Å². The SMILES string of the molecule is CC(O[SiH](C)OC(C)N(C)C)N(C)C. The van der Waals surface area contributed by atoms with E-state index in [0.717, 1.165) is 0 Å². The standard InChI is InChI=1S/C9H24N2O2Si/c1-8(10(3)4)12-14(7)13-9(2)11(5)6/h8-9,14H,1-7H3. The molecule has 0 aromatic rings. The third kappa shape index (κ3) is 5.72. The van der Waals surface area contributed by atoms with Gasteiger partial charge in [-0.2, -0.15) is 0 Å². The van der Waals surface area contributed by atoms with Gasteiger partial charge in [-0.25, -0.2) is 0 Å². The third-order valence-electron chi connectivity index (χ3n) is 2.23. The zero-order chi connectivity index (χ0) is 11.3. The fourth-order valence-electron chi connectivity index (χ4n) is 0.830. The second-order valence-corrected chi connectivity index (χ2v) is 5.65. The molecular weight excluding hydrogens is 196 g/mol. The number of nitrogens with zero attached hydrogens (tertiary/aromatic N) is 2. The predicted octanol–water partition coefficient (Wildman–Crippen LogP) is 0.685. The minimum Gasteiger partial charge on any atom is -0.381 e. The molecular formula is C9H24N2O2Si. The maximum atomic E-state index is 5.75. The predicted molar refractivity (Wildman–Crippen MR) is 61.5 cm³/mol. The summed E-state index contributed by atoms with van der Waals surface area (Å²) in [6.45, 7) is 6.13. The van der Waals surface area contributed by atoms with Crippen molar-refractivity contribution in [2.45, 2.75) is 32.9 Å². The van der Waals surface area contributed by atoms with E-state index in [1.54, 1.807) is 0 Å². The van der Waals surface area contributed by atoms with Gasteiger partial charge in [-0.15, -0.1) is 0 Å². The first-order valence-corrected chi connectivity index (χ1v) is 7.08. The molecule has 0 aliphatic rings. The summed E-state index contributed by atoms with van der Waals surface area (Å²) >= 11 is 0. The average molecular weight is 220 g/mol. The highest BCUT2D eigenvalue weighted by Crippen LogP contribution is 2.03. The molecule has 0 radical (unpaired) electrons. The van der Waals surface area contributed by atoms with Crippen LogP contribution in [0, 0.1) is 0 Å². The van der Waals surface area contributed by atoms with E-state index in [4.69, 9.17) is 8.85 Å². The molecule has 0 rings (SSSR count). The van der Waals surface area contributed by atoms with E-state index in [1.165, 1.54) is 0 Å². The molecule has 86 valence electrons. The second kappa shape index (κ2) is 6.52. The molecule has 2 atom stereocenters. The lowest BCUT2D eigenvalue weighted by molar-refractivity contribution is 0.00840. The quantitative estimate of drug-likeness (QED) is 0.486. The van der Waals surface area contributed by atoms with Crippen molar-refractivity contribution in [3.8, 4) is 0 Å². The fraction of sp³-hybridized carbons (Fsp3) is 1.00. The molecule has 4 nitrogen and oxygen atoms in total. The van der Waals surface area contributed by atoms with Gasteiger partial charge in [-0.1, -0.05) is 0 Å². The lowest BCUT2D eigenvalue weighted by atomic mass is 10.6. The Labute approximate surface area is 89.6 Å². The van der Waals surface area contributed by atoms with Crippen molar-refractivity contribution in [3.05, 3.63) is 0 Å². The highest BCUT2D eigenvalue weighted by molar-refractivity contribution is 6.42. The van der Waals surface area contributed by atoms with Crippen molar-refractivity contribution in [2.75, 3.05) is 28.2 Å². The van der Waals surface area contributed by atoms with Crippen molar-refractivity contribution in [1.82, 2.24) is 9.80 Å². The van der Waals surface area contributed by atoms with E-state index < -0.39 is 9.28 Å². The lowest BCUT2D eigenvalue weighted by Crippen LogP contribution is -2.39. The molecule has 0 aliphatic carbocycles. The average Bonchev–Trinajstić information content (AvgIpc) is 2.03. The minimum atomic E-state index is -1.51. The minimum absolute atomic E-state index is 0.131. The Morgan fingerprint density at radius 3 is 1.36 bits per heavy atom. The molecule has 0 aliphatic heterocycles. The molecule has 0 aromatic heterocycles. The summed E-state index contributed by atoms with van der Waals surface area (Å²) in [6, 6.07) is 0. The van der Waals surface area contributed by atoms with Crippen LogP contribution in [-0.4, -0.2) is 59.7 Å². The smallest absolute Gasteiger partial charge is 0.320 e. The third-order valence-corrected chi connectivity index (χ3v) is 3.79. The first-order valence-electron chi connectivity index (χ1n) is 4.98. The Kier molecular flexibility index (Phi) is 6.55. The Hall–Kier alpha value is 0.0569. The van der Waals surface area contributed by atoms with Crippen LogP contribution in [0.2, 0.25) is 6.55 Å². The molecule has 14 heavy (non-hydrogen) atoms. The van der Waals surface area contributed by atoms with Crippen LogP contribution < -0.4 is 0 Å². The Morgan fingerprint density at radius 1 is 0.857 bits per heavy atom. The second-order valence-electron chi connectivity index (χ2n) is 3.97. The molecule has 0 heterocycles. The van der Waals surface area contributed by atoms with E-state index in [0.29, 0.717) is 0 Å². The maximum Gasteiger partial charge on any atom is 0.320 e. The van der Waals surface area contributed by atoms with Gasteiger partial charge in [0.05, 0.1) is 12.5 Å². The lowest BCUT2D eigenvalue weighted by Gasteiger charge is -2.28. The topological polar surface area (TPSA) is 24.9 Å². The molecule has 0 saturated carbocycles. The molecule has 0 spiro atoms. The van der Waals surface area contributed by atoms with Crippen LogP contribution in [0.5, 0.6) is 0 Å². The van der Waals surface area contributed by atoms with Crippen LogP contribution in [0.4, 0.5) is 0 Å². The van der Waals surface area contributed by atoms with Crippen LogP contribution in [0.25, 0.3) is 0 Å². The molecule has 0 fully saturated rings. The van der Waals surface area contributed by atoms with E-state index >= 15 is 0 Å². The van der Waals surface area contributed by atoms with Crippen molar-refractivity contribution in [1.29, 1.82) is 0 Å². The summed E-state index contributed by atoms with van der Waals surface area (Å²) in [5.41, 5.74) is 0. The zero-order valence-electron chi connectivity index (χ0n) is 10.4. The van der Waals surface area contributed by atoms with Gasteiger partial charge in [0.1, 0.15) is 0 Å². The normalized spacial score (nSPS) is 18.6. The number of rotatable bonds is 6. The van der Waals surface area contributed by atoms with Crippen LogP contribution in [0.3, 0.4) is 0 Å². The summed E-state index contributed by atoms with van der Waals surface area (Å²) in [7, 11) is 6.49. The van der Waals surface area contributed by atoms with Gasteiger partial charge in [0.25, 0.3) is 0 Å². The van der Waals surface area contributed by atoms with Crippen molar-refractivity contribution < 1.29 is 8.85 Å². The molecule has 2 unspecified atom stereocenters. The largest absolute Gasteiger partial charge is 0.381 e. The van der Waals surface area contributed by atoms with Crippen LogP contribution >= 0.6 is 0 Å². The summed E-state index contributed by atoms with van der Waals surface area (Å²) in [5.74, 6) is 0. The molecule has 5 heteroatoms. The van der Waals surface area contributed by atoms with E-state index in [1.807, 2.05) is 51.8 Å². The summed E-state index contributed by atoms with van der Waals surface area (Å²) in [6.07, 6.45) is 0.261. The van der Waals surface area contributed by atoms with Gasteiger partial charge in [-0.05, 0) is 48.6 Å². The molecule has 0 saturated heterocycles. The Bertz CT molecular complexity index is 140. The van der Waals surface area contributed by atoms with Crippen LogP contribution in [-0.2, 0) is 8.85 Å². The molecule has 0 aromatic carbocycles. The summed E-state index contributed by atoms with van der Waals surface area (Å²) < 4.78 is 11.5. The van der Waals surface area contributed by atoms with Gasteiger partial charge in [0.15, 0.2) is 0 Å². The van der Waals surface area contributed by atoms with Crippen molar-refractivity contribution >= 4 is 9.28 Å². The van der Waals surface area contributed by atoms with Gasteiger partial charge < -0.3 is 8.85 Å². The first kappa shape index (κ1) is 14.1. The van der Waals surface area contributed by atoms with E-state index in [2.05, 4.69) is 6.55 Å². The molecule has 0 N–H and O–H groups in total. The summed E-state index contributed by atoms with van der Waals surface area (Å²) in [5, 5.41) is 0. The summed E-state index contributed by atoms with van der Waals surface area (Å²) in [4.78, 5) is 4.07. The Morgan fingerprint density at radius 2 is 1.14 bits per heavy atom. The highest BCUT2D eigenvalue weighted by Gasteiger charge is 2.16.